The van der Waals surface area contributed by atoms with Crippen LogP contribution in [-0.4, -0.2) is 45.6 Å². The minimum absolute atomic E-state index is 0.0141. The molecule has 0 aromatic rings. The molecule has 2 heterocycles. The molecule has 0 aromatic carbocycles. The zero-order chi connectivity index (χ0) is 11.8. The maximum absolute atomic E-state index is 10.1. The summed E-state index contributed by atoms with van der Waals surface area (Å²) in [7, 11) is 0. The topological polar surface area (TPSA) is 49.7 Å². The van der Waals surface area contributed by atoms with Crippen LogP contribution in [0, 0.1) is 5.92 Å². The Balaban J connectivity index is 2.01. The molecule has 2 rings (SSSR count). The van der Waals surface area contributed by atoms with Gasteiger partial charge in [0.1, 0.15) is 0 Å². The summed E-state index contributed by atoms with van der Waals surface area (Å²) in [6.45, 7) is 4.09. The van der Waals surface area contributed by atoms with E-state index in [0.717, 1.165) is 37.4 Å². The molecule has 0 amide bonds. The quantitative estimate of drug-likeness (QED) is 0.774. The summed E-state index contributed by atoms with van der Waals surface area (Å²) >= 11 is 1.93. The van der Waals surface area contributed by atoms with E-state index in [9.17, 15) is 10.2 Å². The van der Waals surface area contributed by atoms with Gasteiger partial charge < -0.3 is 14.9 Å². The maximum Gasteiger partial charge on any atom is 0.0852 e. The Labute approximate surface area is 102 Å². The summed E-state index contributed by atoms with van der Waals surface area (Å²) in [5.74, 6) is 2.38. The fraction of sp³-hybridized carbons (Fsp3) is 1.00. The molecule has 2 aliphatic rings. The lowest BCUT2D eigenvalue weighted by atomic mass is 9.78. The lowest BCUT2D eigenvalue weighted by molar-refractivity contribution is -0.139. The van der Waals surface area contributed by atoms with Crippen LogP contribution in [0.3, 0.4) is 0 Å². The van der Waals surface area contributed by atoms with Crippen molar-refractivity contribution in [1.82, 2.24) is 0 Å². The summed E-state index contributed by atoms with van der Waals surface area (Å²) in [6.07, 6.45) is 2.20. The fourth-order valence-corrected chi connectivity index (χ4v) is 4.15. The minimum Gasteiger partial charge on any atom is -0.390 e. The van der Waals surface area contributed by atoms with Gasteiger partial charge in [-0.3, -0.25) is 0 Å². The third-order valence-electron chi connectivity index (χ3n) is 3.77. The Morgan fingerprint density at radius 3 is 2.81 bits per heavy atom. The molecule has 4 heteroatoms. The molecule has 0 radical (unpaired) electrons. The van der Waals surface area contributed by atoms with Gasteiger partial charge in [0.2, 0.25) is 0 Å². The summed E-state index contributed by atoms with van der Waals surface area (Å²) in [5.41, 5.74) is -1.02. The smallest absolute Gasteiger partial charge is 0.0852 e. The molecule has 0 bridgehead atoms. The second-order valence-corrected chi connectivity index (χ2v) is 6.79. The van der Waals surface area contributed by atoms with Crippen molar-refractivity contribution in [2.45, 2.75) is 50.4 Å². The summed E-state index contributed by atoms with van der Waals surface area (Å²) < 4.78 is 5.91. The maximum atomic E-state index is 10.1. The van der Waals surface area contributed by atoms with E-state index < -0.39 is 11.7 Å². The summed E-state index contributed by atoms with van der Waals surface area (Å²) in [6, 6.07) is 0. The van der Waals surface area contributed by atoms with Gasteiger partial charge in [-0.05, 0) is 44.8 Å². The number of hydrogen-bond donors (Lipinski definition) is 2. The van der Waals surface area contributed by atoms with E-state index in [1.165, 1.54) is 0 Å². The number of rotatable bonds is 2. The lowest BCUT2D eigenvalue weighted by Crippen LogP contribution is -2.49. The third kappa shape index (κ3) is 2.55. The molecule has 2 fully saturated rings. The highest BCUT2D eigenvalue weighted by Gasteiger charge is 2.44. The number of thioether (sulfide) groups is 1. The Bertz CT molecular complexity index is 243. The van der Waals surface area contributed by atoms with Crippen molar-refractivity contribution in [3.05, 3.63) is 0 Å². The average Bonchev–Trinajstić information content (AvgIpc) is 2.64. The SMILES string of the molecule is CC(C)(O)C(O)C1CCOC2(CCSC2)C1. The molecular weight excluding hydrogens is 224 g/mol. The summed E-state index contributed by atoms with van der Waals surface area (Å²) in [5, 5.41) is 20.0. The van der Waals surface area contributed by atoms with E-state index in [2.05, 4.69) is 0 Å². The van der Waals surface area contributed by atoms with Gasteiger partial charge >= 0.3 is 0 Å². The number of hydrogen-bond acceptors (Lipinski definition) is 4. The van der Waals surface area contributed by atoms with Gasteiger partial charge in [0.25, 0.3) is 0 Å². The van der Waals surface area contributed by atoms with Crippen LogP contribution < -0.4 is 0 Å². The van der Waals surface area contributed by atoms with Crippen molar-refractivity contribution in [2.24, 2.45) is 5.92 Å². The first kappa shape index (κ1) is 12.7. The monoisotopic (exact) mass is 246 g/mol. The molecule has 2 N–H and O–H groups in total. The van der Waals surface area contributed by atoms with Crippen molar-refractivity contribution in [1.29, 1.82) is 0 Å². The van der Waals surface area contributed by atoms with Gasteiger partial charge in [-0.2, -0.15) is 11.8 Å². The molecule has 3 atom stereocenters. The van der Waals surface area contributed by atoms with E-state index >= 15 is 0 Å². The van der Waals surface area contributed by atoms with E-state index in [1.54, 1.807) is 13.8 Å². The molecule has 3 unspecified atom stereocenters. The normalized spacial score (nSPS) is 37.9. The Morgan fingerprint density at radius 1 is 1.50 bits per heavy atom. The van der Waals surface area contributed by atoms with Gasteiger partial charge in [0.15, 0.2) is 0 Å². The lowest BCUT2D eigenvalue weighted by Gasteiger charge is -2.42. The van der Waals surface area contributed by atoms with Crippen LogP contribution in [0.5, 0.6) is 0 Å². The van der Waals surface area contributed by atoms with Gasteiger partial charge in [-0.1, -0.05) is 0 Å². The predicted molar refractivity (Wildman–Crippen MR) is 65.7 cm³/mol. The number of aliphatic hydroxyl groups excluding tert-OH is 1. The predicted octanol–water partition coefficient (Wildman–Crippen LogP) is 1.42. The highest BCUT2D eigenvalue weighted by atomic mass is 32.2. The van der Waals surface area contributed by atoms with Crippen molar-refractivity contribution < 1.29 is 14.9 Å². The van der Waals surface area contributed by atoms with Crippen LogP contribution in [0.15, 0.2) is 0 Å². The molecule has 1 spiro atoms. The van der Waals surface area contributed by atoms with Crippen LogP contribution in [0.2, 0.25) is 0 Å². The Kier molecular flexibility index (Phi) is 3.55. The number of aliphatic hydroxyl groups is 2. The second kappa shape index (κ2) is 4.48. The Morgan fingerprint density at radius 2 is 2.25 bits per heavy atom. The molecular formula is C12H22O3S. The molecule has 3 nitrogen and oxygen atoms in total. The van der Waals surface area contributed by atoms with Gasteiger partial charge in [0, 0.05) is 12.4 Å². The zero-order valence-corrected chi connectivity index (χ0v) is 10.9. The number of ether oxygens (including phenoxy) is 1. The molecule has 0 aliphatic carbocycles. The van der Waals surface area contributed by atoms with Gasteiger partial charge in [-0.25, -0.2) is 0 Å². The van der Waals surface area contributed by atoms with Crippen LogP contribution >= 0.6 is 11.8 Å². The van der Waals surface area contributed by atoms with E-state index in [4.69, 9.17) is 4.74 Å². The molecule has 0 aromatic heterocycles. The van der Waals surface area contributed by atoms with Crippen molar-refractivity contribution in [3.63, 3.8) is 0 Å². The molecule has 0 saturated carbocycles. The standard InChI is InChI=1S/C12H22O3S/c1-11(2,14)10(13)9-3-5-15-12(7-9)4-6-16-8-12/h9-10,13-14H,3-8H2,1-2H3. The van der Waals surface area contributed by atoms with E-state index in [1.807, 2.05) is 11.8 Å². The summed E-state index contributed by atoms with van der Waals surface area (Å²) in [4.78, 5) is 0. The molecule has 16 heavy (non-hydrogen) atoms. The molecule has 2 saturated heterocycles. The first-order valence-corrected chi connectivity index (χ1v) is 7.21. The first-order chi connectivity index (χ1) is 7.43. The minimum atomic E-state index is -1.01. The van der Waals surface area contributed by atoms with Crippen molar-refractivity contribution >= 4 is 11.8 Å². The molecule has 94 valence electrons. The van der Waals surface area contributed by atoms with E-state index in [-0.39, 0.29) is 11.5 Å². The van der Waals surface area contributed by atoms with Crippen LogP contribution in [0.1, 0.15) is 33.1 Å². The first-order valence-electron chi connectivity index (χ1n) is 6.05. The van der Waals surface area contributed by atoms with Crippen LogP contribution in [0.25, 0.3) is 0 Å². The zero-order valence-electron chi connectivity index (χ0n) is 10.1. The highest BCUT2D eigenvalue weighted by Crippen LogP contribution is 2.42. The van der Waals surface area contributed by atoms with Crippen molar-refractivity contribution in [3.8, 4) is 0 Å². The third-order valence-corrected chi connectivity index (χ3v) is 4.99. The highest BCUT2D eigenvalue weighted by molar-refractivity contribution is 7.99. The molecule has 2 aliphatic heterocycles. The fourth-order valence-electron chi connectivity index (χ4n) is 2.78. The van der Waals surface area contributed by atoms with Crippen LogP contribution in [-0.2, 0) is 4.74 Å². The van der Waals surface area contributed by atoms with Gasteiger partial charge in [-0.15, -0.1) is 0 Å². The van der Waals surface area contributed by atoms with Crippen LogP contribution in [0.4, 0.5) is 0 Å². The second-order valence-electron chi connectivity index (χ2n) is 5.69. The van der Waals surface area contributed by atoms with E-state index in [0.29, 0.717) is 0 Å². The van der Waals surface area contributed by atoms with Gasteiger partial charge in [0.05, 0.1) is 17.3 Å². The largest absolute Gasteiger partial charge is 0.390 e. The van der Waals surface area contributed by atoms with Crippen molar-refractivity contribution in [2.75, 3.05) is 18.1 Å². The average molecular weight is 246 g/mol. The Hall–Kier alpha value is 0.230.